The quantitative estimate of drug-likeness (QED) is 0.301. The van der Waals surface area contributed by atoms with E-state index < -0.39 is 22.0 Å². The lowest BCUT2D eigenvalue weighted by atomic mass is 10.0. The Labute approximate surface area is 208 Å². The number of methoxy groups -OCH3 is 1. The third kappa shape index (κ3) is 7.01. The maximum absolute atomic E-state index is 11.8. The van der Waals surface area contributed by atoms with Crippen molar-refractivity contribution in [1.29, 1.82) is 0 Å². The van der Waals surface area contributed by atoms with Gasteiger partial charge in [0.1, 0.15) is 11.5 Å². The Kier molecular flexibility index (Phi) is 8.11. The van der Waals surface area contributed by atoms with Gasteiger partial charge in [0, 0.05) is 16.4 Å². The lowest BCUT2D eigenvalue weighted by Crippen LogP contribution is -2.26. The summed E-state index contributed by atoms with van der Waals surface area (Å²) in [5.74, 6) is -0.275. The van der Waals surface area contributed by atoms with E-state index in [0.717, 1.165) is 6.26 Å². The van der Waals surface area contributed by atoms with Crippen molar-refractivity contribution >= 4 is 44.6 Å². The summed E-state index contributed by atoms with van der Waals surface area (Å²) >= 11 is 6.06. The fourth-order valence-electron chi connectivity index (χ4n) is 3.57. The molecule has 3 rings (SSSR count). The molecule has 35 heavy (non-hydrogen) atoms. The van der Waals surface area contributed by atoms with Gasteiger partial charge in [0.25, 0.3) is 0 Å². The number of anilines is 3. The van der Waals surface area contributed by atoms with E-state index in [0.29, 0.717) is 33.3 Å². The van der Waals surface area contributed by atoms with Crippen LogP contribution in [0.25, 0.3) is 0 Å². The van der Waals surface area contributed by atoms with E-state index in [9.17, 15) is 23.4 Å². The molecule has 1 atom stereocenters. The SMILES string of the molecule is COc1ccc(N(CC(O)c2ccc(O)c(NS(C)(=O)=O)c2)c2ccc(Cl)cc2)c(CC(N)=O)c1. The number of hydrogen-bond acceptors (Lipinski definition) is 7. The number of rotatable bonds is 10. The molecule has 0 bridgehead atoms. The fraction of sp³-hybridized carbons (Fsp3) is 0.208. The molecule has 0 aliphatic rings. The average molecular weight is 520 g/mol. The Morgan fingerprint density at radius 2 is 1.83 bits per heavy atom. The number of carbonyl (C=O) groups is 1. The molecule has 0 aliphatic heterocycles. The number of aliphatic hydroxyl groups excluding tert-OH is 1. The molecule has 0 saturated heterocycles. The minimum atomic E-state index is -3.65. The van der Waals surface area contributed by atoms with Crippen LogP contribution < -0.4 is 20.1 Å². The molecule has 0 spiro atoms. The second kappa shape index (κ2) is 10.9. The Bertz CT molecular complexity index is 1320. The summed E-state index contributed by atoms with van der Waals surface area (Å²) in [6.07, 6.45) is -0.217. The van der Waals surface area contributed by atoms with Crippen molar-refractivity contribution in [2.45, 2.75) is 12.5 Å². The predicted octanol–water partition coefficient (Wildman–Crippen LogP) is 3.33. The van der Waals surface area contributed by atoms with Gasteiger partial charge in [-0.2, -0.15) is 0 Å². The molecule has 0 fully saturated rings. The van der Waals surface area contributed by atoms with Crippen LogP contribution in [-0.4, -0.2) is 44.4 Å². The molecule has 3 aromatic rings. The van der Waals surface area contributed by atoms with Crippen LogP contribution in [0, 0.1) is 0 Å². The van der Waals surface area contributed by atoms with E-state index in [1.54, 1.807) is 47.4 Å². The van der Waals surface area contributed by atoms with Crippen LogP contribution in [-0.2, 0) is 21.2 Å². The second-order valence-electron chi connectivity index (χ2n) is 7.89. The van der Waals surface area contributed by atoms with E-state index in [1.165, 1.54) is 25.3 Å². The molecule has 5 N–H and O–H groups in total. The molecule has 11 heteroatoms. The number of sulfonamides is 1. The van der Waals surface area contributed by atoms with Crippen molar-refractivity contribution < 1.29 is 28.2 Å². The first-order chi connectivity index (χ1) is 16.5. The summed E-state index contributed by atoms with van der Waals surface area (Å²) in [6.45, 7) is 0.0167. The van der Waals surface area contributed by atoms with E-state index in [2.05, 4.69) is 4.72 Å². The summed E-state index contributed by atoms with van der Waals surface area (Å²) in [5, 5.41) is 21.7. The van der Waals surface area contributed by atoms with Crippen LogP contribution in [0.15, 0.2) is 60.7 Å². The highest BCUT2D eigenvalue weighted by Gasteiger charge is 2.21. The molecule has 9 nitrogen and oxygen atoms in total. The van der Waals surface area contributed by atoms with Gasteiger partial charge in [-0.15, -0.1) is 0 Å². The number of carbonyl (C=O) groups excluding carboxylic acids is 1. The molecule has 0 aromatic heterocycles. The first kappa shape index (κ1) is 26.1. The topological polar surface area (TPSA) is 142 Å². The van der Waals surface area contributed by atoms with Crippen molar-refractivity contribution in [3.05, 3.63) is 76.8 Å². The zero-order valence-corrected chi connectivity index (χ0v) is 20.7. The summed E-state index contributed by atoms with van der Waals surface area (Å²) in [4.78, 5) is 13.6. The van der Waals surface area contributed by atoms with Crippen molar-refractivity contribution in [1.82, 2.24) is 0 Å². The number of aromatic hydroxyl groups is 1. The number of aliphatic hydroxyl groups is 1. The molecule has 0 heterocycles. The number of ether oxygens (including phenoxy) is 1. The van der Waals surface area contributed by atoms with Gasteiger partial charge < -0.3 is 25.6 Å². The van der Waals surface area contributed by atoms with Crippen LogP contribution in [0.4, 0.5) is 17.1 Å². The summed E-state index contributed by atoms with van der Waals surface area (Å²) < 4.78 is 30.8. The molecule has 3 aromatic carbocycles. The standard InChI is InChI=1S/C24H26ClN3O6S/c1-34-19-8-9-21(16(11-19)13-24(26)31)28(18-6-4-17(25)5-7-18)14-23(30)15-3-10-22(29)20(12-15)27-35(2,32)33/h3-12,23,27,29-30H,13-14H2,1-2H3,(H2,26,31). The van der Waals surface area contributed by atoms with Gasteiger partial charge >= 0.3 is 0 Å². The minimum absolute atomic E-state index is 0.0167. The third-order valence-electron chi connectivity index (χ3n) is 5.14. The maximum Gasteiger partial charge on any atom is 0.229 e. The van der Waals surface area contributed by atoms with Crippen molar-refractivity contribution in [2.75, 3.05) is 29.5 Å². The number of benzene rings is 3. The molecular formula is C24H26ClN3O6S. The highest BCUT2D eigenvalue weighted by Crippen LogP contribution is 2.35. The van der Waals surface area contributed by atoms with Gasteiger partial charge in [0.15, 0.2) is 0 Å². The number of nitrogens with zero attached hydrogens (tertiary/aromatic N) is 1. The minimum Gasteiger partial charge on any atom is -0.506 e. The van der Waals surface area contributed by atoms with E-state index in [-0.39, 0.29) is 24.4 Å². The fourth-order valence-corrected chi connectivity index (χ4v) is 4.26. The van der Waals surface area contributed by atoms with Crippen LogP contribution in [0.3, 0.4) is 0 Å². The number of amides is 1. The number of nitrogens with two attached hydrogens (primary N) is 1. The first-order valence-electron chi connectivity index (χ1n) is 10.4. The number of nitrogens with one attached hydrogen (secondary N) is 1. The lowest BCUT2D eigenvalue weighted by Gasteiger charge is -2.30. The van der Waals surface area contributed by atoms with Gasteiger partial charge in [0.2, 0.25) is 15.9 Å². The number of hydrogen-bond donors (Lipinski definition) is 4. The van der Waals surface area contributed by atoms with Gasteiger partial charge in [-0.3, -0.25) is 9.52 Å². The summed E-state index contributed by atoms with van der Waals surface area (Å²) in [6, 6.07) is 16.3. The number of phenols is 1. The van der Waals surface area contributed by atoms with E-state index in [4.69, 9.17) is 22.1 Å². The average Bonchev–Trinajstić information content (AvgIpc) is 2.78. The smallest absolute Gasteiger partial charge is 0.229 e. The Morgan fingerprint density at radius 3 is 2.43 bits per heavy atom. The molecule has 0 aliphatic carbocycles. The third-order valence-corrected chi connectivity index (χ3v) is 5.98. The van der Waals surface area contributed by atoms with Crippen LogP contribution in [0.2, 0.25) is 5.02 Å². The van der Waals surface area contributed by atoms with E-state index in [1.807, 2.05) is 0 Å². The van der Waals surface area contributed by atoms with Crippen LogP contribution >= 0.6 is 11.6 Å². The predicted molar refractivity (Wildman–Crippen MR) is 136 cm³/mol. The van der Waals surface area contributed by atoms with Gasteiger partial charge in [-0.1, -0.05) is 17.7 Å². The van der Waals surface area contributed by atoms with Crippen molar-refractivity contribution in [2.24, 2.45) is 5.73 Å². The second-order valence-corrected chi connectivity index (χ2v) is 10.1. The molecule has 186 valence electrons. The molecule has 1 amide bonds. The number of phenolic OH excluding ortho intramolecular Hbond substituents is 1. The van der Waals surface area contributed by atoms with Crippen LogP contribution in [0.1, 0.15) is 17.2 Å². The summed E-state index contributed by atoms with van der Waals surface area (Å²) in [5.41, 5.74) is 7.65. The maximum atomic E-state index is 11.8. The first-order valence-corrected chi connectivity index (χ1v) is 12.7. The Morgan fingerprint density at radius 1 is 1.14 bits per heavy atom. The van der Waals surface area contributed by atoms with Crippen molar-refractivity contribution in [3.63, 3.8) is 0 Å². The molecular weight excluding hydrogens is 494 g/mol. The normalized spacial score (nSPS) is 12.1. The zero-order valence-electron chi connectivity index (χ0n) is 19.1. The molecule has 0 saturated carbocycles. The zero-order chi connectivity index (χ0) is 25.8. The highest BCUT2D eigenvalue weighted by molar-refractivity contribution is 7.92. The lowest BCUT2D eigenvalue weighted by molar-refractivity contribution is -0.117. The summed E-state index contributed by atoms with van der Waals surface area (Å²) in [7, 11) is -2.14. The van der Waals surface area contributed by atoms with Gasteiger partial charge in [-0.05, 0) is 65.7 Å². The van der Waals surface area contributed by atoms with Crippen LogP contribution in [0.5, 0.6) is 11.5 Å². The van der Waals surface area contributed by atoms with Crippen molar-refractivity contribution in [3.8, 4) is 11.5 Å². The largest absolute Gasteiger partial charge is 0.506 e. The highest BCUT2D eigenvalue weighted by atomic mass is 35.5. The Hall–Kier alpha value is -3.47. The monoisotopic (exact) mass is 519 g/mol. The number of halogens is 1. The molecule has 1 unspecified atom stereocenters. The number of primary amides is 1. The van der Waals surface area contributed by atoms with Gasteiger partial charge in [-0.25, -0.2) is 8.42 Å². The molecule has 0 radical (unpaired) electrons. The van der Waals surface area contributed by atoms with Gasteiger partial charge in [0.05, 0.1) is 38.1 Å². The van der Waals surface area contributed by atoms with E-state index >= 15 is 0 Å². The Balaban J connectivity index is 2.05.